The normalized spacial score (nSPS) is 18.5. The van der Waals surface area contributed by atoms with Gasteiger partial charge in [0.2, 0.25) is 0 Å². The second-order valence-corrected chi connectivity index (χ2v) is 7.17. The lowest BCUT2D eigenvalue weighted by atomic mass is 9.84. The maximum Gasteiger partial charge on any atom is 0.123 e. The van der Waals surface area contributed by atoms with Gasteiger partial charge >= 0.3 is 0 Å². The van der Waals surface area contributed by atoms with Gasteiger partial charge in [-0.05, 0) is 51.0 Å². The van der Waals surface area contributed by atoms with Crippen molar-refractivity contribution in [2.75, 3.05) is 19.7 Å². The Morgan fingerprint density at radius 3 is 2.75 bits per heavy atom. The highest BCUT2D eigenvalue weighted by Crippen LogP contribution is 2.40. The maximum atomic E-state index is 6.14. The third kappa shape index (κ3) is 4.30. The standard InChI is InChI=1S/C21H27NO2/c1-16-9-10-20-19(13-16)17(14-21(2,3)24-20)15-22-11-12-23-18-7-5-4-6-8-18/h4-10,13,17,22H,11-12,14-15H2,1-3H3. The Morgan fingerprint density at radius 1 is 1.17 bits per heavy atom. The zero-order chi connectivity index (χ0) is 17.0. The fourth-order valence-electron chi connectivity index (χ4n) is 3.34. The Morgan fingerprint density at radius 2 is 1.96 bits per heavy atom. The molecule has 3 rings (SSSR count). The lowest BCUT2D eigenvalue weighted by molar-refractivity contribution is 0.0716. The summed E-state index contributed by atoms with van der Waals surface area (Å²) in [7, 11) is 0. The molecule has 3 heteroatoms. The second-order valence-electron chi connectivity index (χ2n) is 7.17. The first-order valence-corrected chi connectivity index (χ1v) is 8.72. The minimum Gasteiger partial charge on any atom is -0.492 e. The Kier molecular flexibility index (Phi) is 5.10. The van der Waals surface area contributed by atoms with Crippen LogP contribution in [0.25, 0.3) is 0 Å². The molecule has 0 saturated heterocycles. The van der Waals surface area contributed by atoms with E-state index in [-0.39, 0.29) is 5.60 Å². The summed E-state index contributed by atoms with van der Waals surface area (Å²) in [6, 6.07) is 16.4. The van der Waals surface area contributed by atoms with Gasteiger partial charge in [0, 0.05) is 19.0 Å². The molecule has 0 saturated carbocycles. The third-order valence-corrected chi connectivity index (χ3v) is 4.41. The first-order chi connectivity index (χ1) is 11.5. The summed E-state index contributed by atoms with van der Waals surface area (Å²) in [4.78, 5) is 0. The lowest BCUT2D eigenvalue weighted by Crippen LogP contribution is -2.38. The van der Waals surface area contributed by atoms with Crippen LogP contribution in [0.15, 0.2) is 48.5 Å². The van der Waals surface area contributed by atoms with Crippen LogP contribution in [0.2, 0.25) is 0 Å². The van der Waals surface area contributed by atoms with Gasteiger partial charge in [0.1, 0.15) is 23.7 Å². The van der Waals surface area contributed by atoms with Crippen LogP contribution >= 0.6 is 0 Å². The molecule has 2 aromatic carbocycles. The lowest BCUT2D eigenvalue weighted by Gasteiger charge is -2.38. The molecule has 2 aromatic rings. The quantitative estimate of drug-likeness (QED) is 0.803. The smallest absolute Gasteiger partial charge is 0.123 e. The van der Waals surface area contributed by atoms with Gasteiger partial charge in [0.15, 0.2) is 0 Å². The van der Waals surface area contributed by atoms with Gasteiger partial charge in [0.05, 0.1) is 0 Å². The fourth-order valence-corrected chi connectivity index (χ4v) is 3.34. The first-order valence-electron chi connectivity index (χ1n) is 8.72. The largest absolute Gasteiger partial charge is 0.492 e. The third-order valence-electron chi connectivity index (χ3n) is 4.41. The van der Waals surface area contributed by atoms with E-state index < -0.39 is 0 Å². The van der Waals surface area contributed by atoms with Crippen molar-refractivity contribution in [1.29, 1.82) is 0 Å². The monoisotopic (exact) mass is 325 g/mol. The molecule has 0 fully saturated rings. The van der Waals surface area contributed by atoms with Crippen LogP contribution in [-0.2, 0) is 0 Å². The minimum absolute atomic E-state index is 0.116. The van der Waals surface area contributed by atoms with E-state index in [9.17, 15) is 0 Å². The summed E-state index contributed by atoms with van der Waals surface area (Å²) in [5, 5.41) is 3.54. The SMILES string of the molecule is Cc1ccc2c(c1)C(CNCCOc1ccccc1)CC(C)(C)O2. The van der Waals surface area contributed by atoms with E-state index in [0.717, 1.165) is 31.0 Å². The van der Waals surface area contributed by atoms with Crippen molar-refractivity contribution in [2.45, 2.75) is 38.7 Å². The van der Waals surface area contributed by atoms with Gasteiger partial charge in [0.25, 0.3) is 0 Å². The summed E-state index contributed by atoms with van der Waals surface area (Å²) in [5.74, 6) is 2.43. The summed E-state index contributed by atoms with van der Waals surface area (Å²) in [6.45, 7) is 8.94. The Bertz CT molecular complexity index is 667. The van der Waals surface area contributed by atoms with Gasteiger partial charge in [-0.1, -0.05) is 35.9 Å². The zero-order valence-electron chi connectivity index (χ0n) is 14.8. The highest BCUT2D eigenvalue weighted by molar-refractivity contribution is 5.42. The summed E-state index contributed by atoms with van der Waals surface area (Å²) in [5.41, 5.74) is 2.50. The summed E-state index contributed by atoms with van der Waals surface area (Å²) >= 11 is 0. The van der Waals surface area contributed by atoms with E-state index in [1.165, 1.54) is 11.1 Å². The molecule has 1 N–H and O–H groups in total. The van der Waals surface area contributed by atoms with E-state index in [2.05, 4.69) is 44.3 Å². The van der Waals surface area contributed by atoms with E-state index in [0.29, 0.717) is 12.5 Å². The van der Waals surface area contributed by atoms with Crippen molar-refractivity contribution in [3.8, 4) is 11.5 Å². The number of rotatable bonds is 6. The van der Waals surface area contributed by atoms with Crippen molar-refractivity contribution >= 4 is 0 Å². The molecule has 0 radical (unpaired) electrons. The van der Waals surface area contributed by atoms with Crippen molar-refractivity contribution in [3.05, 3.63) is 59.7 Å². The van der Waals surface area contributed by atoms with Crippen LogP contribution in [0.4, 0.5) is 0 Å². The van der Waals surface area contributed by atoms with Gasteiger partial charge in [-0.25, -0.2) is 0 Å². The highest BCUT2D eigenvalue weighted by atomic mass is 16.5. The van der Waals surface area contributed by atoms with E-state index in [1.54, 1.807) is 0 Å². The fraction of sp³-hybridized carbons (Fsp3) is 0.429. The Hall–Kier alpha value is -2.00. The molecule has 0 amide bonds. The topological polar surface area (TPSA) is 30.5 Å². The maximum absolute atomic E-state index is 6.14. The molecule has 1 aliphatic rings. The van der Waals surface area contributed by atoms with Gasteiger partial charge in [-0.3, -0.25) is 0 Å². The van der Waals surface area contributed by atoms with Crippen LogP contribution in [0.1, 0.15) is 37.3 Å². The average molecular weight is 325 g/mol. The molecule has 1 unspecified atom stereocenters. The van der Waals surface area contributed by atoms with Crippen LogP contribution in [0, 0.1) is 6.92 Å². The van der Waals surface area contributed by atoms with Crippen molar-refractivity contribution in [2.24, 2.45) is 0 Å². The van der Waals surface area contributed by atoms with E-state index in [4.69, 9.17) is 9.47 Å². The van der Waals surface area contributed by atoms with Crippen LogP contribution in [0.5, 0.6) is 11.5 Å². The molecular formula is C21H27NO2. The van der Waals surface area contributed by atoms with Crippen molar-refractivity contribution in [1.82, 2.24) is 5.32 Å². The zero-order valence-corrected chi connectivity index (χ0v) is 14.8. The molecule has 24 heavy (non-hydrogen) atoms. The molecule has 1 heterocycles. The van der Waals surface area contributed by atoms with Crippen LogP contribution in [-0.4, -0.2) is 25.3 Å². The van der Waals surface area contributed by atoms with Gasteiger partial charge in [-0.15, -0.1) is 0 Å². The predicted octanol–water partition coefficient (Wildman–Crippen LogP) is 4.31. The average Bonchev–Trinajstić information content (AvgIpc) is 2.55. The number of hydrogen-bond acceptors (Lipinski definition) is 3. The molecule has 3 nitrogen and oxygen atoms in total. The molecule has 0 bridgehead atoms. The highest BCUT2D eigenvalue weighted by Gasteiger charge is 2.33. The van der Waals surface area contributed by atoms with Crippen molar-refractivity contribution < 1.29 is 9.47 Å². The van der Waals surface area contributed by atoms with E-state index >= 15 is 0 Å². The van der Waals surface area contributed by atoms with Crippen LogP contribution in [0.3, 0.4) is 0 Å². The van der Waals surface area contributed by atoms with Gasteiger partial charge < -0.3 is 14.8 Å². The number of para-hydroxylation sites is 1. The number of benzene rings is 2. The first kappa shape index (κ1) is 16.8. The predicted molar refractivity (Wildman–Crippen MR) is 98.1 cm³/mol. The van der Waals surface area contributed by atoms with Crippen LogP contribution < -0.4 is 14.8 Å². The summed E-state index contributed by atoms with van der Waals surface area (Å²) in [6.07, 6.45) is 1.02. The number of nitrogens with one attached hydrogen (secondary N) is 1. The molecule has 1 atom stereocenters. The molecule has 1 aliphatic heterocycles. The molecule has 0 aromatic heterocycles. The van der Waals surface area contributed by atoms with Crippen molar-refractivity contribution in [3.63, 3.8) is 0 Å². The molecular weight excluding hydrogens is 298 g/mol. The van der Waals surface area contributed by atoms with Gasteiger partial charge in [-0.2, -0.15) is 0 Å². The number of hydrogen-bond donors (Lipinski definition) is 1. The molecule has 0 aliphatic carbocycles. The number of ether oxygens (including phenoxy) is 2. The second kappa shape index (κ2) is 7.27. The molecule has 128 valence electrons. The molecule has 0 spiro atoms. The Balaban J connectivity index is 1.54. The summed E-state index contributed by atoms with van der Waals surface area (Å²) < 4.78 is 11.9. The van der Waals surface area contributed by atoms with E-state index in [1.807, 2.05) is 30.3 Å². The number of fused-ring (bicyclic) bond motifs is 1. The minimum atomic E-state index is -0.116. The Labute approximate surface area is 145 Å². The number of aryl methyl sites for hydroxylation is 1.